The zero-order valence-corrected chi connectivity index (χ0v) is 9.04. The first-order chi connectivity index (χ1) is 8.43. The van der Waals surface area contributed by atoms with Gasteiger partial charge in [-0.05, 0) is 18.2 Å². The Morgan fingerprint density at radius 2 is 1.82 bits per heavy atom. The average Bonchev–Trinajstić information content (AvgIpc) is 2.77. The molecular weight excluding hydrogens is 210 g/mol. The van der Waals surface area contributed by atoms with E-state index < -0.39 is 0 Å². The van der Waals surface area contributed by atoms with Gasteiger partial charge in [0.15, 0.2) is 0 Å². The molecule has 17 heavy (non-hydrogen) atoms. The van der Waals surface area contributed by atoms with Crippen LogP contribution in [-0.4, -0.2) is 14.4 Å². The summed E-state index contributed by atoms with van der Waals surface area (Å²) in [6, 6.07) is 12.4. The van der Waals surface area contributed by atoms with E-state index in [0.29, 0.717) is 0 Å². The maximum Gasteiger partial charge on any atom is 0.138 e. The maximum absolute atomic E-state index is 4.48. The highest BCUT2D eigenvalue weighted by Crippen LogP contribution is 2.23. The second-order valence-electron chi connectivity index (χ2n) is 4.09. The molecule has 0 unspecified atom stereocenters. The van der Waals surface area contributed by atoms with Gasteiger partial charge in [0.25, 0.3) is 0 Å². The van der Waals surface area contributed by atoms with Crippen molar-refractivity contribution in [1.82, 2.24) is 14.4 Å². The molecule has 0 saturated carbocycles. The number of rotatable bonds is 0. The molecule has 0 bridgehead atoms. The molecule has 4 aromatic rings. The Balaban J connectivity index is 2.38. The molecule has 0 aliphatic rings. The van der Waals surface area contributed by atoms with E-state index in [1.165, 1.54) is 10.9 Å². The lowest BCUT2D eigenvalue weighted by Gasteiger charge is -2.02. The lowest BCUT2D eigenvalue weighted by molar-refractivity contribution is 1.21. The molecule has 3 nitrogen and oxygen atoms in total. The molecule has 0 amide bonds. The van der Waals surface area contributed by atoms with Gasteiger partial charge in [0.1, 0.15) is 5.65 Å². The van der Waals surface area contributed by atoms with Crippen LogP contribution in [0.1, 0.15) is 0 Å². The highest BCUT2D eigenvalue weighted by Gasteiger charge is 2.05. The number of hydrogen-bond acceptors (Lipinski definition) is 2. The van der Waals surface area contributed by atoms with Crippen molar-refractivity contribution in [2.75, 3.05) is 0 Å². The number of pyridine rings is 1. The Bertz CT molecular complexity index is 840. The molecule has 0 fully saturated rings. The van der Waals surface area contributed by atoms with Gasteiger partial charge in [0.2, 0.25) is 0 Å². The fourth-order valence-corrected chi connectivity index (χ4v) is 2.32. The van der Waals surface area contributed by atoms with Crippen molar-refractivity contribution >= 4 is 27.5 Å². The van der Waals surface area contributed by atoms with E-state index in [9.17, 15) is 0 Å². The molecule has 0 atom stereocenters. The number of nitrogens with zero attached hydrogens (tertiary/aromatic N) is 3. The quantitative estimate of drug-likeness (QED) is 0.455. The van der Waals surface area contributed by atoms with Crippen LogP contribution in [0.4, 0.5) is 0 Å². The van der Waals surface area contributed by atoms with Crippen LogP contribution >= 0.6 is 0 Å². The van der Waals surface area contributed by atoms with Crippen molar-refractivity contribution < 1.29 is 0 Å². The molecule has 0 N–H and O–H groups in total. The van der Waals surface area contributed by atoms with Crippen molar-refractivity contribution in [3.63, 3.8) is 0 Å². The van der Waals surface area contributed by atoms with Crippen LogP contribution < -0.4 is 0 Å². The summed E-state index contributed by atoms with van der Waals surface area (Å²) < 4.78 is 2.15. The maximum atomic E-state index is 4.48. The number of fused-ring (bicyclic) bond motifs is 5. The Hall–Kier alpha value is -2.42. The van der Waals surface area contributed by atoms with Crippen LogP contribution in [0, 0.1) is 0 Å². The monoisotopic (exact) mass is 219 g/mol. The molecule has 80 valence electrons. The summed E-state index contributed by atoms with van der Waals surface area (Å²) >= 11 is 0. The van der Waals surface area contributed by atoms with Gasteiger partial charge in [-0.15, -0.1) is 0 Å². The number of para-hydroxylation sites is 1. The van der Waals surface area contributed by atoms with Gasteiger partial charge in [-0.3, -0.25) is 9.38 Å². The third kappa shape index (κ3) is 1.11. The average molecular weight is 219 g/mol. The second kappa shape index (κ2) is 3.04. The smallest absolute Gasteiger partial charge is 0.138 e. The van der Waals surface area contributed by atoms with Gasteiger partial charge >= 0.3 is 0 Å². The van der Waals surface area contributed by atoms with Gasteiger partial charge in [-0.25, -0.2) is 4.98 Å². The molecule has 3 heteroatoms. The standard InChI is InChI=1S/C14H9N3/c1-2-4-12-10(3-1)7-14-16-8-11-5-6-15-9-13(11)17(12)14/h1-9H. The minimum Gasteiger partial charge on any atom is -0.292 e. The van der Waals surface area contributed by atoms with E-state index in [1.54, 1.807) is 6.20 Å². The number of benzene rings is 1. The second-order valence-corrected chi connectivity index (χ2v) is 4.09. The topological polar surface area (TPSA) is 30.2 Å². The summed E-state index contributed by atoms with van der Waals surface area (Å²) in [5, 5.41) is 2.31. The van der Waals surface area contributed by atoms with E-state index in [1.807, 2.05) is 30.6 Å². The fraction of sp³-hybridized carbons (Fsp3) is 0. The first-order valence-electron chi connectivity index (χ1n) is 5.52. The van der Waals surface area contributed by atoms with E-state index in [2.05, 4.69) is 32.6 Å². The van der Waals surface area contributed by atoms with Crippen LogP contribution in [0.25, 0.3) is 27.5 Å². The number of hydrogen-bond donors (Lipinski definition) is 0. The van der Waals surface area contributed by atoms with Crippen molar-refractivity contribution in [2.45, 2.75) is 0 Å². The van der Waals surface area contributed by atoms with E-state index >= 15 is 0 Å². The van der Waals surface area contributed by atoms with Gasteiger partial charge < -0.3 is 0 Å². The highest BCUT2D eigenvalue weighted by atomic mass is 15.0. The predicted molar refractivity (Wildman–Crippen MR) is 68.0 cm³/mol. The minimum atomic E-state index is 0.965. The molecule has 1 aromatic carbocycles. The summed E-state index contributed by atoms with van der Waals surface area (Å²) in [5.74, 6) is 0. The van der Waals surface area contributed by atoms with Crippen LogP contribution in [0.3, 0.4) is 0 Å². The first kappa shape index (κ1) is 8.70. The summed E-state index contributed by atoms with van der Waals surface area (Å²) in [6.45, 7) is 0. The summed E-state index contributed by atoms with van der Waals surface area (Å²) in [5.41, 5.74) is 3.24. The van der Waals surface area contributed by atoms with Gasteiger partial charge in [0, 0.05) is 23.2 Å². The summed E-state index contributed by atoms with van der Waals surface area (Å²) in [6.07, 6.45) is 5.57. The van der Waals surface area contributed by atoms with Gasteiger partial charge in [0.05, 0.1) is 17.2 Å². The number of aromatic nitrogens is 3. The molecular formula is C14H9N3. The summed E-state index contributed by atoms with van der Waals surface area (Å²) in [4.78, 5) is 8.68. The third-order valence-electron chi connectivity index (χ3n) is 3.10. The molecule has 3 heterocycles. The van der Waals surface area contributed by atoms with Crippen LogP contribution in [-0.2, 0) is 0 Å². The molecule has 0 radical (unpaired) electrons. The Labute approximate surface area is 97.4 Å². The predicted octanol–water partition coefficient (Wildman–Crippen LogP) is 3.04. The van der Waals surface area contributed by atoms with Crippen molar-refractivity contribution in [3.8, 4) is 0 Å². The molecule has 4 rings (SSSR count). The Morgan fingerprint density at radius 3 is 2.82 bits per heavy atom. The zero-order valence-electron chi connectivity index (χ0n) is 9.04. The Morgan fingerprint density at radius 1 is 0.882 bits per heavy atom. The van der Waals surface area contributed by atoms with Crippen molar-refractivity contribution in [2.24, 2.45) is 0 Å². The molecule has 0 spiro atoms. The van der Waals surface area contributed by atoms with E-state index in [0.717, 1.165) is 16.6 Å². The largest absolute Gasteiger partial charge is 0.292 e. The van der Waals surface area contributed by atoms with Crippen LogP contribution in [0.2, 0.25) is 0 Å². The van der Waals surface area contributed by atoms with Crippen molar-refractivity contribution in [1.29, 1.82) is 0 Å². The molecule has 3 aromatic heterocycles. The molecule has 0 aliphatic carbocycles. The highest BCUT2D eigenvalue weighted by molar-refractivity contribution is 5.92. The van der Waals surface area contributed by atoms with E-state index in [-0.39, 0.29) is 0 Å². The van der Waals surface area contributed by atoms with Crippen LogP contribution in [0.15, 0.2) is 55.0 Å². The van der Waals surface area contributed by atoms with E-state index in [4.69, 9.17) is 0 Å². The van der Waals surface area contributed by atoms with Crippen molar-refractivity contribution in [3.05, 3.63) is 55.0 Å². The Kier molecular flexibility index (Phi) is 1.56. The molecule has 0 saturated heterocycles. The minimum absolute atomic E-state index is 0.965. The first-order valence-corrected chi connectivity index (χ1v) is 5.52. The zero-order chi connectivity index (χ0) is 11.2. The van der Waals surface area contributed by atoms with Crippen LogP contribution in [0.5, 0.6) is 0 Å². The summed E-state index contributed by atoms with van der Waals surface area (Å²) in [7, 11) is 0. The fourth-order valence-electron chi connectivity index (χ4n) is 2.32. The third-order valence-corrected chi connectivity index (χ3v) is 3.10. The lowest BCUT2D eigenvalue weighted by atomic mass is 10.2. The SMILES string of the molecule is c1ccc2c(c1)cc1ncc3ccncc3n12. The lowest BCUT2D eigenvalue weighted by Crippen LogP contribution is -1.90. The van der Waals surface area contributed by atoms with Gasteiger partial charge in [-0.2, -0.15) is 0 Å². The van der Waals surface area contributed by atoms with Gasteiger partial charge in [-0.1, -0.05) is 18.2 Å². The molecule has 0 aliphatic heterocycles. The normalized spacial score (nSPS) is 11.5.